The van der Waals surface area contributed by atoms with E-state index in [2.05, 4.69) is 5.32 Å². The van der Waals surface area contributed by atoms with Crippen LogP contribution in [-0.2, 0) is 14.3 Å². The van der Waals surface area contributed by atoms with E-state index in [4.69, 9.17) is 15.2 Å². The Kier molecular flexibility index (Phi) is 7.23. The fourth-order valence-corrected chi connectivity index (χ4v) is 2.18. The van der Waals surface area contributed by atoms with Crippen molar-refractivity contribution in [1.82, 2.24) is 5.32 Å². The van der Waals surface area contributed by atoms with Crippen LogP contribution in [0.3, 0.4) is 0 Å². The van der Waals surface area contributed by atoms with E-state index in [1.807, 2.05) is 0 Å². The first-order valence-electron chi connectivity index (χ1n) is 6.83. The third-order valence-corrected chi connectivity index (χ3v) is 3.38. The Labute approximate surface area is 109 Å². The molecule has 0 bridgehead atoms. The summed E-state index contributed by atoms with van der Waals surface area (Å²) >= 11 is 0. The molecule has 0 radical (unpaired) electrons. The van der Waals surface area contributed by atoms with Gasteiger partial charge in [0.2, 0.25) is 5.91 Å². The van der Waals surface area contributed by atoms with Gasteiger partial charge in [0, 0.05) is 20.3 Å². The first kappa shape index (κ1) is 15.4. The number of carbonyl (C=O) groups excluding carboxylic acids is 1. The molecule has 0 aromatic rings. The van der Waals surface area contributed by atoms with Gasteiger partial charge in [0.15, 0.2) is 0 Å². The number of nitrogens with one attached hydrogen (secondary N) is 1. The average Bonchev–Trinajstić information content (AvgIpc) is 2.81. The molecule has 18 heavy (non-hydrogen) atoms. The fourth-order valence-electron chi connectivity index (χ4n) is 2.18. The highest BCUT2D eigenvalue weighted by atomic mass is 16.5. The Bertz CT molecular complexity index is 240. The molecule has 0 spiro atoms. The van der Waals surface area contributed by atoms with Gasteiger partial charge in [0.1, 0.15) is 0 Å². The maximum atomic E-state index is 11.9. The van der Waals surface area contributed by atoms with Crippen LogP contribution in [0.25, 0.3) is 0 Å². The molecular formula is C13H26N2O3. The summed E-state index contributed by atoms with van der Waals surface area (Å²) in [6.07, 6.45) is 5.64. The standard InChI is InChI=1S/C13H26N2O3/c1-17-10-11-18-9-5-4-8-15-12(16)13(14)6-2-3-7-13/h2-11,14H2,1H3,(H,15,16). The second-order valence-corrected chi connectivity index (χ2v) is 4.93. The second kappa shape index (κ2) is 8.45. The Morgan fingerprint density at radius 2 is 1.94 bits per heavy atom. The van der Waals surface area contributed by atoms with Gasteiger partial charge in [-0.25, -0.2) is 0 Å². The molecule has 5 heteroatoms. The van der Waals surface area contributed by atoms with Crippen molar-refractivity contribution in [3.05, 3.63) is 0 Å². The van der Waals surface area contributed by atoms with Crippen molar-refractivity contribution in [3.8, 4) is 0 Å². The molecule has 1 fully saturated rings. The molecule has 0 aromatic carbocycles. The SMILES string of the molecule is COCCOCCCCNC(=O)C1(N)CCCC1. The molecule has 0 atom stereocenters. The van der Waals surface area contributed by atoms with Gasteiger partial charge in [0.05, 0.1) is 18.8 Å². The van der Waals surface area contributed by atoms with Crippen LogP contribution in [-0.4, -0.2) is 44.9 Å². The number of amides is 1. The number of hydrogen-bond donors (Lipinski definition) is 2. The number of nitrogens with two attached hydrogens (primary N) is 1. The average molecular weight is 258 g/mol. The summed E-state index contributed by atoms with van der Waals surface area (Å²) in [5.74, 6) is 0.0142. The predicted molar refractivity (Wildman–Crippen MR) is 70.3 cm³/mol. The summed E-state index contributed by atoms with van der Waals surface area (Å²) in [6, 6.07) is 0. The largest absolute Gasteiger partial charge is 0.382 e. The lowest BCUT2D eigenvalue weighted by molar-refractivity contribution is -0.126. The smallest absolute Gasteiger partial charge is 0.240 e. The van der Waals surface area contributed by atoms with Gasteiger partial charge in [-0.2, -0.15) is 0 Å². The molecular weight excluding hydrogens is 232 g/mol. The number of ether oxygens (including phenoxy) is 2. The van der Waals surface area contributed by atoms with Crippen LogP contribution >= 0.6 is 0 Å². The number of hydrogen-bond acceptors (Lipinski definition) is 4. The summed E-state index contributed by atoms with van der Waals surface area (Å²) in [7, 11) is 1.66. The minimum absolute atomic E-state index is 0.0142. The van der Waals surface area contributed by atoms with Crippen LogP contribution in [0.5, 0.6) is 0 Å². The van der Waals surface area contributed by atoms with Crippen molar-refractivity contribution >= 4 is 5.91 Å². The van der Waals surface area contributed by atoms with Crippen LogP contribution in [0, 0.1) is 0 Å². The van der Waals surface area contributed by atoms with Crippen LogP contribution in [0.2, 0.25) is 0 Å². The molecule has 0 saturated heterocycles. The topological polar surface area (TPSA) is 73.6 Å². The van der Waals surface area contributed by atoms with Crippen LogP contribution in [0.4, 0.5) is 0 Å². The normalized spacial score (nSPS) is 17.9. The van der Waals surface area contributed by atoms with Gasteiger partial charge in [0.25, 0.3) is 0 Å². The Balaban J connectivity index is 1.96. The third kappa shape index (κ3) is 5.33. The molecule has 1 aliphatic rings. The lowest BCUT2D eigenvalue weighted by Gasteiger charge is -2.22. The number of unbranched alkanes of at least 4 members (excludes halogenated alkanes) is 1. The van der Waals surface area contributed by atoms with Crippen molar-refractivity contribution < 1.29 is 14.3 Å². The zero-order valence-corrected chi connectivity index (χ0v) is 11.4. The van der Waals surface area contributed by atoms with E-state index in [0.717, 1.165) is 38.5 Å². The van der Waals surface area contributed by atoms with Gasteiger partial charge >= 0.3 is 0 Å². The lowest BCUT2D eigenvalue weighted by atomic mass is 9.98. The summed E-state index contributed by atoms with van der Waals surface area (Å²) in [5.41, 5.74) is 5.45. The zero-order valence-electron chi connectivity index (χ0n) is 11.4. The number of methoxy groups -OCH3 is 1. The third-order valence-electron chi connectivity index (χ3n) is 3.38. The molecule has 0 heterocycles. The van der Waals surface area contributed by atoms with Crippen molar-refractivity contribution in [2.75, 3.05) is 33.5 Å². The van der Waals surface area contributed by atoms with Gasteiger partial charge in [-0.15, -0.1) is 0 Å². The van der Waals surface area contributed by atoms with E-state index < -0.39 is 5.54 Å². The number of rotatable bonds is 9. The highest BCUT2D eigenvalue weighted by molar-refractivity contribution is 5.86. The molecule has 0 aliphatic heterocycles. The molecule has 1 saturated carbocycles. The van der Waals surface area contributed by atoms with Gasteiger partial charge in [-0.05, 0) is 25.7 Å². The van der Waals surface area contributed by atoms with E-state index in [0.29, 0.717) is 26.4 Å². The van der Waals surface area contributed by atoms with Crippen LogP contribution in [0.1, 0.15) is 38.5 Å². The molecule has 5 nitrogen and oxygen atoms in total. The summed E-state index contributed by atoms with van der Waals surface area (Å²) in [6.45, 7) is 2.67. The summed E-state index contributed by atoms with van der Waals surface area (Å²) in [4.78, 5) is 11.9. The van der Waals surface area contributed by atoms with Gasteiger partial charge in [-0.3, -0.25) is 4.79 Å². The van der Waals surface area contributed by atoms with Crippen molar-refractivity contribution in [1.29, 1.82) is 0 Å². The van der Waals surface area contributed by atoms with E-state index in [1.54, 1.807) is 7.11 Å². The number of carbonyl (C=O) groups is 1. The Morgan fingerprint density at radius 3 is 2.61 bits per heavy atom. The molecule has 3 N–H and O–H groups in total. The van der Waals surface area contributed by atoms with Crippen molar-refractivity contribution in [2.45, 2.75) is 44.1 Å². The maximum Gasteiger partial charge on any atom is 0.240 e. The highest BCUT2D eigenvalue weighted by Crippen LogP contribution is 2.27. The Hall–Kier alpha value is -0.650. The van der Waals surface area contributed by atoms with E-state index >= 15 is 0 Å². The Morgan fingerprint density at radius 1 is 1.22 bits per heavy atom. The van der Waals surface area contributed by atoms with Gasteiger partial charge in [-0.1, -0.05) is 12.8 Å². The van der Waals surface area contributed by atoms with Crippen LogP contribution in [0.15, 0.2) is 0 Å². The fraction of sp³-hybridized carbons (Fsp3) is 0.923. The lowest BCUT2D eigenvalue weighted by Crippen LogP contribution is -2.52. The minimum atomic E-state index is -0.602. The molecule has 1 rings (SSSR count). The van der Waals surface area contributed by atoms with Crippen LogP contribution < -0.4 is 11.1 Å². The quantitative estimate of drug-likeness (QED) is 0.600. The maximum absolute atomic E-state index is 11.9. The molecule has 0 aromatic heterocycles. The summed E-state index contributed by atoms with van der Waals surface area (Å²) in [5, 5.41) is 2.92. The first-order valence-corrected chi connectivity index (χ1v) is 6.83. The second-order valence-electron chi connectivity index (χ2n) is 4.93. The van der Waals surface area contributed by atoms with Crippen molar-refractivity contribution in [2.24, 2.45) is 5.73 Å². The van der Waals surface area contributed by atoms with E-state index in [1.165, 1.54) is 0 Å². The molecule has 0 unspecified atom stereocenters. The predicted octanol–water partition coefficient (Wildman–Crippen LogP) is 0.817. The monoisotopic (exact) mass is 258 g/mol. The molecule has 1 amide bonds. The van der Waals surface area contributed by atoms with Crippen molar-refractivity contribution in [3.63, 3.8) is 0 Å². The minimum Gasteiger partial charge on any atom is -0.382 e. The zero-order chi connectivity index (χ0) is 13.3. The first-order chi connectivity index (χ1) is 8.69. The highest BCUT2D eigenvalue weighted by Gasteiger charge is 2.36. The van der Waals surface area contributed by atoms with E-state index in [9.17, 15) is 4.79 Å². The van der Waals surface area contributed by atoms with E-state index in [-0.39, 0.29) is 5.91 Å². The molecule has 1 aliphatic carbocycles. The molecule has 106 valence electrons. The van der Waals surface area contributed by atoms with Gasteiger partial charge < -0.3 is 20.5 Å². The summed E-state index contributed by atoms with van der Waals surface area (Å²) < 4.78 is 10.2.